The standard InChI is InChI=1S/C24H35N3O2/c1-2-5-23(6-3-1)29-24-9-7-22(8-10-24)28-16-4-13-27-14-11-20(12-15-27)17-21-18-25-19-26-21/h7-10,18-20,23H,1-6,11-17H2,(H,25,26). The summed E-state index contributed by atoms with van der Waals surface area (Å²) in [5.74, 6) is 2.71. The molecule has 2 heterocycles. The van der Waals surface area contributed by atoms with Crippen molar-refractivity contribution in [2.75, 3.05) is 26.2 Å². The van der Waals surface area contributed by atoms with Crippen LogP contribution in [-0.2, 0) is 6.42 Å². The maximum Gasteiger partial charge on any atom is 0.119 e. The summed E-state index contributed by atoms with van der Waals surface area (Å²) in [6, 6.07) is 8.18. The fraction of sp³-hybridized carbons (Fsp3) is 0.625. The van der Waals surface area contributed by atoms with E-state index in [0.29, 0.717) is 6.10 Å². The largest absolute Gasteiger partial charge is 0.494 e. The van der Waals surface area contributed by atoms with Crippen molar-refractivity contribution < 1.29 is 9.47 Å². The molecule has 0 amide bonds. The molecule has 2 aliphatic rings. The number of hydrogen-bond acceptors (Lipinski definition) is 4. The summed E-state index contributed by atoms with van der Waals surface area (Å²) in [7, 11) is 0. The summed E-state index contributed by atoms with van der Waals surface area (Å²) in [6.07, 6.45) is 15.3. The molecule has 1 aliphatic carbocycles. The third-order valence-electron chi connectivity index (χ3n) is 6.34. The van der Waals surface area contributed by atoms with Crippen LogP contribution in [0.3, 0.4) is 0 Å². The molecule has 158 valence electrons. The quantitative estimate of drug-likeness (QED) is 0.615. The van der Waals surface area contributed by atoms with Crippen LogP contribution in [-0.4, -0.2) is 47.2 Å². The number of aromatic nitrogens is 2. The number of benzene rings is 1. The van der Waals surface area contributed by atoms with Crippen LogP contribution in [0.2, 0.25) is 0 Å². The van der Waals surface area contributed by atoms with Gasteiger partial charge >= 0.3 is 0 Å². The van der Waals surface area contributed by atoms with Gasteiger partial charge in [-0.2, -0.15) is 0 Å². The second-order valence-electron chi connectivity index (χ2n) is 8.62. The van der Waals surface area contributed by atoms with Crippen molar-refractivity contribution in [3.63, 3.8) is 0 Å². The molecular formula is C24H35N3O2. The van der Waals surface area contributed by atoms with Crippen molar-refractivity contribution in [3.05, 3.63) is 42.5 Å². The number of H-pyrrole nitrogens is 1. The van der Waals surface area contributed by atoms with Crippen molar-refractivity contribution in [1.29, 1.82) is 0 Å². The zero-order valence-electron chi connectivity index (χ0n) is 17.5. The van der Waals surface area contributed by atoms with E-state index in [1.165, 1.54) is 63.7 Å². The van der Waals surface area contributed by atoms with Crippen LogP contribution in [0, 0.1) is 5.92 Å². The highest BCUT2D eigenvalue weighted by Crippen LogP contribution is 2.25. The van der Waals surface area contributed by atoms with Crippen LogP contribution < -0.4 is 9.47 Å². The number of piperidine rings is 1. The molecular weight excluding hydrogens is 362 g/mol. The minimum Gasteiger partial charge on any atom is -0.494 e. The van der Waals surface area contributed by atoms with E-state index in [4.69, 9.17) is 9.47 Å². The molecule has 1 aliphatic heterocycles. The Kier molecular flexibility index (Phi) is 7.46. The van der Waals surface area contributed by atoms with Gasteiger partial charge in [-0.3, -0.25) is 0 Å². The number of nitrogens with zero attached hydrogens (tertiary/aromatic N) is 2. The minimum absolute atomic E-state index is 0.402. The Morgan fingerprint density at radius 3 is 2.45 bits per heavy atom. The molecule has 0 spiro atoms. The van der Waals surface area contributed by atoms with E-state index < -0.39 is 0 Å². The van der Waals surface area contributed by atoms with Crippen LogP contribution >= 0.6 is 0 Å². The Labute approximate surface area is 174 Å². The highest BCUT2D eigenvalue weighted by atomic mass is 16.5. The first-order chi connectivity index (χ1) is 14.3. The lowest BCUT2D eigenvalue weighted by Gasteiger charge is -2.31. The lowest BCUT2D eigenvalue weighted by Crippen LogP contribution is -2.35. The van der Waals surface area contributed by atoms with Gasteiger partial charge in [-0.25, -0.2) is 4.98 Å². The average molecular weight is 398 g/mol. The summed E-state index contributed by atoms with van der Waals surface area (Å²) in [6.45, 7) is 4.30. The van der Waals surface area contributed by atoms with Gasteiger partial charge < -0.3 is 19.4 Å². The second kappa shape index (κ2) is 10.7. The van der Waals surface area contributed by atoms with E-state index in [0.717, 1.165) is 43.4 Å². The predicted molar refractivity (Wildman–Crippen MR) is 116 cm³/mol. The molecule has 1 aromatic heterocycles. The molecule has 0 bridgehead atoms. The molecule has 0 atom stereocenters. The van der Waals surface area contributed by atoms with Crippen LogP contribution in [0.15, 0.2) is 36.8 Å². The number of rotatable bonds is 9. The van der Waals surface area contributed by atoms with E-state index in [-0.39, 0.29) is 0 Å². The van der Waals surface area contributed by atoms with Gasteiger partial charge in [0.15, 0.2) is 0 Å². The van der Waals surface area contributed by atoms with E-state index in [1.807, 2.05) is 30.5 Å². The lowest BCUT2D eigenvalue weighted by molar-refractivity contribution is 0.154. The third kappa shape index (κ3) is 6.49. The van der Waals surface area contributed by atoms with Crippen molar-refractivity contribution in [1.82, 2.24) is 14.9 Å². The van der Waals surface area contributed by atoms with E-state index in [9.17, 15) is 0 Å². The predicted octanol–water partition coefficient (Wildman–Crippen LogP) is 4.84. The molecule has 5 nitrogen and oxygen atoms in total. The zero-order valence-corrected chi connectivity index (χ0v) is 17.5. The van der Waals surface area contributed by atoms with Gasteiger partial charge in [-0.05, 0) is 94.6 Å². The molecule has 5 heteroatoms. The number of ether oxygens (including phenoxy) is 2. The number of imidazole rings is 1. The van der Waals surface area contributed by atoms with Crippen LogP contribution in [0.5, 0.6) is 11.5 Å². The SMILES string of the molecule is c1ncc(CC2CCN(CCCOc3ccc(OC4CCCCC4)cc3)CC2)[nH]1. The first kappa shape index (κ1) is 20.3. The Balaban J connectivity index is 1.09. The molecule has 0 unspecified atom stereocenters. The first-order valence-corrected chi connectivity index (χ1v) is 11.4. The molecule has 1 N–H and O–H groups in total. The molecule has 29 heavy (non-hydrogen) atoms. The minimum atomic E-state index is 0.402. The van der Waals surface area contributed by atoms with E-state index in [1.54, 1.807) is 6.33 Å². The topological polar surface area (TPSA) is 50.4 Å². The number of hydrogen-bond donors (Lipinski definition) is 1. The number of likely N-dealkylation sites (tertiary alicyclic amines) is 1. The fourth-order valence-electron chi connectivity index (χ4n) is 4.59. The number of nitrogens with one attached hydrogen (secondary N) is 1. The highest BCUT2D eigenvalue weighted by Gasteiger charge is 2.19. The highest BCUT2D eigenvalue weighted by molar-refractivity contribution is 5.31. The van der Waals surface area contributed by atoms with Crippen molar-refractivity contribution in [2.24, 2.45) is 5.92 Å². The molecule has 2 fully saturated rings. The van der Waals surface area contributed by atoms with Crippen LogP contribution in [0.1, 0.15) is 57.1 Å². The lowest BCUT2D eigenvalue weighted by atomic mass is 9.92. The maximum atomic E-state index is 6.09. The van der Waals surface area contributed by atoms with Crippen molar-refractivity contribution in [2.45, 2.75) is 63.9 Å². The van der Waals surface area contributed by atoms with Gasteiger partial charge in [0.2, 0.25) is 0 Å². The van der Waals surface area contributed by atoms with Crippen LogP contribution in [0.25, 0.3) is 0 Å². The first-order valence-electron chi connectivity index (χ1n) is 11.4. The third-order valence-corrected chi connectivity index (χ3v) is 6.34. The molecule has 2 aromatic rings. The Bertz CT molecular complexity index is 687. The monoisotopic (exact) mass is 397 g/mol. The van der Waals surface area contributed by atoms with Crippen molar-refractivity contribution >= 4 is 0 Å². The fourth-order valence-corrected chi connectivity index (χ4v) is 4.59. The van der Waals surface area contributed by atoms with Gasteiger partial charge in [0.1, 0.15) is 11.5 Å². The average Bonchev–Trinajstić information content (AvgIpc) is 3.27. The molecule has 1 saturated heterocycles. The van der Waals surface area contributed by atoms with Gasteiger partial charge in [-0.15, -0.1) is 0 Å². The smallest absolute Gasteiger partial charge is 0.119 e. The van der Waals surface area contributed by atoms with Gasteiger partial charge in [0, 0.05) is 18.4 Å². The van der Waals surface area contributed by atoms with E-state index in [2.05, 4.69) is 14.9 Å². The van der Waals surface area contributed by atoms with Gasteiger partial charge in [0.25, 0.3) is 0 Å². The summed E-state index contributed by atoms with van der Waals surface area (Å²) in [5, 5.41) is 0. The normalized spacial score (nSPS) is 19.3. The second-order valence-corrected chi connectivity index (χ2v) is 8.62. The zero-order chi connectivity index (χ0) is 19.7. The number of aromatic amines is 1. The summed E-state index contributed by atoms with van der Waals surface area (Å²) >= 11 is 0. The Morgan fingerprint density at radius 1 is 0.966 bits per heavy atom. The molecule has 0 radical (unpaired) electrons. The summed E-state index contributed by atoms with van der Waals surface area (Å²) in [4.78, 5) is 9.93. The van der Waals surface area contributed by atoms with E-state index >= 15 is 0 Å². The summed E-state index contributed by atoms with van der Waals surface area (Å²) in [5.41, 5.74) is 1.27. The summed E-state index contributed by atoms with van der Waals surface area (Å²) < 4.78 is 12.0. The van der Waals surface area contributed by atoms with Gasteiger partial charge in [-0.1, -0.05) is 6.42 Å². The Morgan fingerprint density at radius 2 is 1.72 bits per heavy atom. The van der Waals surface area contributed by atoms with Crippen LogP contribution in [0.4, 0.5) is 0 Å². The van der Waals surface area contributed by atoms with Gasteiger partial charge in [0.05, 0.1) is 19.0 Å². The molecule has 4 rings (SSSR count). The molecule has 1 saturated carbocycles. The maximum absolute atomic E-state index is 6.09. The van der Waals surface area contributed by atoms with Crippen molar-refractivity contribution in [3.8, 4) is 11.5 Å². The Hall–Kier alpha value is -2.01. The molecule has 1 aromatic carbocycles.